The number of fused-ring (bicyclic) bond motifs is 1. The van der Waals surface area contributed by atoms with Gasteiger partial charge >= 0.3 is 6.03 Å². The van der Waals surface area contributed by atoms with Crippen molar-refractivity contribution in [2.45, 2.75) is 45.1 Å². The predicted octanol–water partition coefficient (Wildman–Crippen LogP) is 5.51. The molecule has 1 aromatic heterocycles. The molecule has 164 valence electrons. The van der Waals surface area contributed by atoms with Gasteiger partial charge in [-0.05, 0) is 43.2 Å². The van der Waals surface area contributed by atoms with Crippen molar-refractivity contribution in [3.8, 4) is 11.5 Å². The van der Waals surface area contributed by atoms with Crippen LogP contribution in [-0.4, -0.2) is 36.7 Å². The van der Waals surface area contributed by atoms with E-state index in [0.29, 0.717) is 23.7 Å². The normalized spacial score (nSPS) is 16.5. The van der Waals surface area contributed by atoms with Crippen LogP contribution in [0.4, 0.5) is 10.5 Å². The number of aromatic nitrogens is 1. The van der Waals surface area contributed by atoms with Gasteiger partial charge in [0, 0.05) is 29.3 Å². The van der Waals surface area contributed by atoms with Crippen molar-refractivity contribution in [1.82, 2.24) is 9.88 Å². The standard InChI is InChI=1S/C24H29N3O4/c1-24(2,3)22-26-18-13-15(8-11-20(18)31-22)25-23(28)27-12-6-7-19(27)17-10-9-16(29-4)14-21(17)30-5/h8-11,13-14,19H,6-7,12H2,1-5H3,(H,25,28). The number of ether oxygens (including phenoxy) is 2. The molecule has 7 nitrogen and oxygen atoms in total. The minimum atomic E-state index is -0.178. The molecule has 2 aromatic carbocycles. The van der Waals surface area contributed by atoms with Gasteiger partial charge in [0.2, 0.25) is 5.89 Å². The Kier molecular flexibility index (Phi) is 5.52. The van der Waals surface area contributed by atoms with Crippen LogP contribution in [0.3, 0.4) is 0 Å². The number of nitrogens with zero attached hydrogens (tertiary/aromatic N) is 2. The first-order valence-corrected chi connectivity index (χ1v) is 10.5. The second kappa shape index (κ2) is 8.13. The molecule has 3 aromatic rings. The van der Waals surface area contributed by atoms with Crippen LogP contribution in [0.15, 0.2) is 40.8 Å². The summed E-state index contributed by atoms with van der Waals surface area (Å²) in [6, 6.07) is 11.1. The first kappa shape index (κ1) is 21.0. The molecule has 1 aliphatic heterocycles. The number of amides is 2. The van der Waals surface area contributed by atoms with E-state index in [2.05, 4.69) is 31.1 Å². The lowest BCUT2D eigenvalue weighted by atomic mass is 9.97. The largest absolute Gasteiger partial charge is 0.497 e. The SMILES string of the molecule is COc1ccc(C2CCCN2C(=O)Nc2ccc3oc(C(C)(C)C)nc3c2)c(OC)c1. The Bertz CT molecular complexity index is 1100. The van der Waals surface area contributed by atoms with E-state index in [9.17, 15) is 4.79 Å². The molecular formula is C24H29N3O4. The number of urea groups is 1. The molecule has 1 atom stereocenters. The van der Waals surface area contributed by atoms with Crippen LogP contribution in [0, 0.1) is 0 Å². The van der Waals surface area contributed by atoms with E-state index in [1.807, 2.05) is 41.3 Å². The average molecular weight is 424 g/mol. The van der Waals surface area contributed by atoms with E-state index < -0.39 is 0 Å². The molecule has 0 radical (unpaired) electrons. The predicted molar refractivity (Wildman–Crippen MR) is 120 cm³/mol. The van der Waals surface area contributed by atoms with Crippen molar-refractivity contribution >= 4 is 22.8 Å². The fraction of sp³-hybridized carbons (Fsp3) is 0.417. The maximum atomic E-state index is 13.1. The lowest BCUT2D eigenvalue weighted by Gasteiger charge is -2.26. The van der Waals surface area contributed by atoms with Crippen LogP contribution >= 0.6 is 0 Å². The number of hydrogen-bond acceptors (Lipinski definition) is 5. The highest BCUT2D eigenvalue weighted by atomic mass is 16.5. The van der Waals surface area contributed by atoms with Crippen molar-refractivity contribution in [2.75, 3.05) is 26.1 Å². The molecule has 1 unspecified atom stereocenters. The van der Waals surface area contributed by atoms with Crippen LogP contribution in [0.5, 0.6) is 11.5 Å². The van der Waals surface area contributed by atoms with Gasteiger partial charge < -0.3 is 24.1 Å². The Morgan fingerprint density at radius 2 is 1.97 bits per heavy atom. The highest BCUT2D eigenvalue weighted by Crippen LogP contribution is 2.39. The summed E-state index contributed by atoms with van der Waals surface area (Å²) in [7, 11) is 3.26. The van der Waals surface area contributed by atoms with Gasteiger partial charge in [0.25, 0.3) is 0 Å². The monoisotopic (exact) mass is 423 g/mol. The maximum absolute atomic E-state index is 13.1. The highest BCUT2D eigenvalue weighted by molar-refractivity contribution is 5.92. The van der Waals surface area contributed by atoms with Gasteiger partial charge in [-0.3, -0.25) is 0 Å². The molecule has 1 fully saturated rings. The van der Waals surface area contributed by atoms with E-state index >= 15 is 0 Å². The Morgan fingerprint density at radius 1 is 1.16 bits per heavy atom. The third kappa shape index (κ3) is 4.17. The number of methoxy groups -OCH3 is 2. The van der Waals surface area contributed by atoms with Gasteiger partial charge in [-0.1, -0.05) is 20.8 Å². The number of oxazole rings is 1. The number of carbonyl (C=O) groups is 1. The molecule has 1 saturated heterocycles. The Morgan fingerprint density at radius 3 is 2.68 bits per heavy atom. The van der Waals surface area contributed by atoms with Gasteiger partial charge in [0.05, 0.1) is 20.3 Å². The third-order valence-electron chi connectivity index (χ3n) is 5.59. The van der Waals surface area contributed by atoms with Gasteiger partial charge in [-0.15, -0.1) is 0 Å². The van der Waals surface area contributed by atoms with Gasteiger partial charge in [0.1, 0.15) is 17.0 Å². The van der Waals surface area contributed by atoms with Crippen LogP contribution in [0.1, 0.15) is 51.1 Å². The number of nitrogens with one attached hydrogen (secondary N) is 1. The fourth-order valence-corrected chi connectivity index (χ4v) is 3.95. The first-order valence-electron chi connectivity index (χ1n) is 10.5. The van der Waals surface area contributed by atoms with Crippen molar-refractivity contribution < 1.29 is 18.7 Å². The van der Waals surface area contributed by atoms with Gasteiger partial charge in [-0.2, -0.15) is 0 Å². The van der Waals surface area contributed by atoms with Crippen molar-refractivity contribution in [1.29, 1.82) is 0 Å². The number of anilines is 1. The topological polar surface area (TPSA) is 76.8 Å². The molecule has 1 aliphatic rings. The quantitative estimate of drug-likeness (QED) is 0.599. The Labute approximate surface area is 182 Å². The zero-order valence-corrected chi connectivity index (χ0v) is 18.7. The van der Waals surface area contributed by atoms with Crippen molar-refractivity contribution in [3.63, 3.8) is 0 Å². The van der Waals surface area contributed by atoms with E-state index in [0.717, 1.165) is 35.4 Å². The molecule has 2 amide bonds. The number of carbonyl (C=O) groups excluding carboxylic acids is 1. The fourth-order valence-electron chi connectivity index (χ4n) is 3.95. The van der Waals surface area contributed by atoms with Gasteiger partial charge in [0.15, 0.2) is 5.58 Å². The lowest BCUT2D eigenvalue weighted by molar-refractivity contribution is 0.206. The summed E-state index contributed by atoms with van der Waals surface area (Å²) in [6.45, 7) is 6.86. The van der Waals surface area contributed by atoms with Crippen LogP contribution < -0.4 is 14.8 Å². The van der Waals surface area contributed by atoms with E-state index in [-0.39, 0.29) is 17.5 Å². The van der Waals surface area contributed by atoms with Crippen LogP contribution in [-0.2, 0) is 5.41 Å². The maximum Gasteiger partial charge on any atom is 0.322 e. The summed E-state index contributed by atoms with van der Waals surface area (Å²) in [5, 5.41) is 3.02. The summed E-state index contributed by atoms with van der Waals surface area (Å²) in [5.74, 6) is 2.13. The minimum absolute atomic E-state index is 0.0517. The first-order chi connectivity index (χ1) is 14.8. The number of hydrogen-bond donors (Lipinski definition) is 1. The second-order valence-corrected chi connectivity index (χ2v) is 8.84. The molecule has 4 rings (SSSR count). The van der Waals surface area contributed by atoms with Gasteiger partial charge in [-0.25, -0.2) is 9.78 Å². The summed E-state index contributed by atoms with van der Waals surface area (Å²) in [5.41, 5.74) is 2.95. The van der Waals surface area contributed by atoms with Crippen LogP contribution in [0.25, 0.3) is 11.1 Å². The minimum Gasteiger partial charge on any atom is -0.497 e. The number of rotatable bonds is 4. The smallest absolute Gasteiger partial charge is 0.322 e. The molecule has 0 spiro atoms. The molecular weight excluding hydrogens is 394 g/mol. The lowest BCUT2D eigenvalue weighted by Crippen LogP contribution is -2.34. The van der Waals surface area contributed by atoms with E-state index in [1.165, 1.54) is 0 Å². The molecule has 1 N–H and O–H groups in total. The molecule has 0 bridgehead atoms. The Hall–Kier alpha value is -3.22. The molecule has 0 saturated carbocycles. The van der Waals surface area contributed by atoms with Crippen LogP contribution in [0.2, 0.25) is 0 Å². The molecule has 7 heteroatoms. The number of likely N-dealkylation sites (tertiary alicyclic amines) is 1. The average Bonchev–Trinajstić information content (AvgIpc) is 3.40. The molecule has 31 heavy (non-hydrogen) atoms. The third-order valence-corrected chi connectivity index (χ3v) is 5.59. The molecule has 2 heterocycles. The van der Waals surface area contributed by atoms with Crippen molar-refractivity contribution in [2.24, 2.45) is 0 Å². The zero-order chi connectivity index (χ0) is 22.2. The summed E-state index contributed by atoms with van der Waals surface area (Å²) >= 11 is 0. The van der Waals surface area contributed by atoms with E-state index in [4.69, 9.17) is 13.9 Å². The molecule has 0 aliphatic carbocycles. The summed E-state index contributed by atoms with van der Waals surface area (Å²) in [6.07, 6.45) is 1.82. The Balaban J connectivity index is 1.55. The number of benzene rings is 2. The van der Waals surface area contributed by atoms with Crippen molar-refractivity contribution in [3.05, 3.63) is 47.9 Å². The second-order valence-electron chi connectivity index (χ2n) is 8.84. The highest BCUT2D eigenvalue weighted by Gasteiger charge is 2.32. The van der Waals surface area contributed by atoms with E-state index in [1.54, 1.807) is 14.2 Å². The summed E-state index contributed by atoms with van der Waals surface area (Å²) in [4.78, 5) is 19.6. The summed E-state index contributed by atoms with van der Waals surface area (Å²) < 4.78 is 16.7. The zero-order valence-electron chi connectivity index (χ0n) is 18.7.